The largest absolute Gasteiger partial charge is 0.455 e. The molecule has 206 valence electrons. The molecule has 10 aromatic rings. The summed E-state index contributed by atoms with van der Waals surface area (Å²) in [6.07, 6.45) is 1.87. The second-order valence-corrected chi connectivity index (χ2v) is 13.3. The quantitative estimate of drug-likeness (QED) is 0.203. The van der Waals surface area contributed by atoms with Crippen molar-refractivity contribution in [2.75, 3.05) is 4.90 Å². The summed E-state index contributed by atoms with van der Waals surface area (Å²) in [5.74, 6) is 0.856. The van der Waals surface area contributed by atoms with Crippen molar-refractivity contribution in [2.24, 2.45) is 0 Å². The topological polar surface area (TPSA) is 29.3 Å². The zero-order chi connectivity index (χ0) is 28.8. The van der Waals surface area contributed by atoms with E-state index in [0.717, 1.165) is 49.9 Å². The number of nitrogens with zero attached hydrogens (tertiary/aromatic N) is 2. The van der Waals surface area contributed by atoms with Gasteiger partial charge in [0.05, 0.1) is 5.39 Å². The third-order valence-corrected chi connectivity index (χ3v) is 11.0. The first-order valence-electron chi connectivity index (χ1n) is 14.6. The fraction of sp³-hybridized carbons (Fsp3) is 0. The molecule has 0 spiro atoms. The van der Waals surface area contributed by atoms with Gasteiger partial charge in [-0.3, -0.25) is 4.90 Å². The van der Waals surface area contributed by atoms with Gasteiger partial charge in [-0.15, -0.1) is 22.7 Å². The highest BCUT2D eigenvalue weighted by molar-refractivity contribution is 7.26. The molecule has 0 N–H and O–H groups in total. The lowest BCUT2D eigenvalue weighted by molar-refractivity contribution is 0.672. The maximum absolute atomic E-state index is 6.60. The first kappa shape index (κ1) is 24.2. The molecule has 0 amide bonds. The Hall–Kier alpha value is -5.23. The van der Waals surface area contributed by atoms with Crippen molar-refractivity contribution in [1.82, 2.24) is 4.98 Å². The summed E-state index contributed by atoms with van der Waals surface area (Å²) >= 11 is 3.67. The van der Waals surface area contributed by atoms with Gasteiger partial charge in [0.25, 0.3) is 0 Å². The first-order chi connectivity index (χ1) is 21.8. The fourth-order valence-electron chi connectivity index (χ4n) is 6.70. The van der Waals surface area contributed by atoms with Gasteiger partial charge in [-0.1, -0.05) is 66.7 Å². The minimum Gasteiger partial charge on any atom is -0.455 e. The molecule has 0 aliphatic carbocycles. The van der Waals surface area contributed by atoms with E-state index in [1.807, 2.05) is 34.9 Å². The molecule has 4 heterocycles. The van der Waals surface area contributed by atoms with Crippen LogP contribution < -0.4 is 4.90 Å². The first-order valence-corrected chi connectivity index (χ1v) is 16.3. The van der Waals surface area contributed by atoms with Crippen molar-refractivity contribution in [3.05, 3.63) is 134 Å². The predicted octanol–water partition coefficient (Wildman–Crippen LogP) is 12.3. The average Bonchev–Trinajstić information content (AvgIpc) is 3.76. The van der Waals surface area contributed by atoms with Crippen molar-refractivity contribution in [3.63, 3.8) is 0 Å². The smallest absolute Gasteiger partial charge is 0.149 e. The van der Waals surface area contributed by atoms with E-state index in [-0.39, 0.29) is 0 Å². The Morgan fingerprint density at radius 1 is 0.500 bits per heavy atom. The van der Waals surface area contributed by atoms with Gasteiger partial charge in [0.15, 0.2) is 0 Å². The number of furan rings is 1. The molecule has 0 unspecified atom stereocenters. The molecular formula is C39H22N2OS2. The number of thiophene rings is 2. The molecule has 3 nitrogen and oxygen atoms in total. The van der Waals surface area contributed by atoms with Crippen LogP contribution in [-0.4, -0.2) is 4.98 Å². The number of hydrogen-bond acceptors (Lipinski definition) is 5. The second-order valence-electron chi connectivity index (χ2n) is 11.2. The summed E-state index contributed by atoms with van der Waals surface area (Å²) in [6, 6.07) is 45.7. The summed E-state index contributed by atoms with van der Waals surface area (Å²) in [4.78, 5) is 7.40. The number of anilines is 3. The molecule has 4 aromatic heterocycles. The predicted molar refractivity (Wildman–Crippen MR) is 189 cm³/mol. The third-order valence-electron chi connectivity index (χ3n) is 8.70. The van der Waals surface area contributed by atoms with E-state index in [1.165, 1.54) is 40.3 Å². The van der Waals surface area contributed by atoms with Crippen LogP contribution >= 0.6 is 22.7 Å². The van der Waals surface area contributed by atoms with Crippen LogP contribution in [0, 0.1) is 0 Å². The normalized spacial score (nSPS) is 12.1. The van der Waals surface area contributed by atoms with E-state index >= 15 is 0 Å². The van der Waals surface area contributed by atoms with Crippen LogP contribution in [0.3, 0.4) is 0 Å². The number of pyridine rings is 1. The summed E-state index contributed by atoms with van der Waals surface area (Å²) in [6.45, 7) is 0. The fourth-order valence-corrected chi connectivity index (χ4v) is 8.87. The van der Waals surface area contributed by atoms with Crippen molar-refractivity contribution in [1.29, 1.82) is 0 Å². The lowest BCUT2D eigenvalue weighted by atomic mass is 10.1. The molecule has 0 bridgehead atoms. The molecule has 0 atom stereocenters. The Morgan fingerprint density at radius 3 is 1.77 bits per heavy atom. The van der Waals surface area contributed by atoms with Crippen LogP contribution in [0.15, 0.2) is 138 Å². The van der Waals surface area contributed by atoms with E-state index < -0.39 is 0 Å². The van der Waals surface area contributed by atoms with E-state index in [9.17, 15) is 0 Å². The Labute approximate surface area is 259 Å². The molecule has 0 fully saturated rings. The molecular weight excluding hydrogens is 577 g/mol. The molecule has 0 saturated carbocycles. The Kier molecular flexibility index (Phi) is 5.03. The molecule has 0 radical (unpaired) electrons. The lowest BCUT2D eigenvalue weighted by Gasteiger charge is -2.25. The molecule has 0 aliphatic rings. The summed E-state index contributed by atoms with van der Waals surface area (Å²) in [7, 11) is 0. The molecule has 6 aromatic carbocycles. The summed E-state index contributed by atoms with van der Waals surface area (Å²) in [5, 5.41) is 9.41. The number of aromatic nitrogens is 1. The second kappa shape index (κ2) is 9.13. The standard InChI is InChI=1S/C39H22N2OS2/c1-2-8-26-23(7-1)13-16-29-37-32(42-38(26)29)19-20-40-39(37)41(24-14-17-35-30(21-24)27-9-3-5-11-33(27)43-35)25-15-18-36-31(22-25)28-10-4-6-12-34(28)44-36/h1-22H. The van der Waals surface area contributed by atoms with Crippen LogP contribution in [0.1, 0.15) is 0 Å². The highest BCUT2D eigenvalue weighted by Gasteiger charge is 2.23. The molecule has 44 heavy (non-hydrogen) atoms. The van der Waals surface area contributed by atoms with Crippen LogP contribution in [0.25, 0.3) is 73.1 Å². The van der Waals surface area contributed by atoms with Gasteiger partial charge in [0.1, 0.15) is 17.0 Å². The maximum Gasteiger partial charge on any atom is 0.149 e. The maximum atomic E-state index is 6.60. The Balaban J connectivity index is 1.30. The molecule has 0 aliphatic heterocycles. The summed E-state index contributed by atoms with van der Waals surface area (Å²) in [5.41, 5.74) is 3.85. The van der Waals surface area contributed by atoms with Gasteiger partial charge in [0.2, 0.25) is 0 Å². The zero-order valence-electron chi connectivity index (χ0n) is 23.3. The number of benzene rings is 6. The Morgan fingerprint density at radius 2 is 1.09 bits per heavy atom. The van der Waals surface area contributed by atoms with Crippen molar-refractivity contribution < 1.29 is 4.42 Å². The lowest BCUT2D eigenvalue weighted by Crippen LogP contribution is -2.11. The molecule has 10 rings (SSSR count). The molecule has 5 heteroatoms. The van der Waals surface area contributed by atoms with Gasteiger partial charge in [0, 0.05) is 68.7 Å². The zero-order valence-corrected chi connectivity index (χ0v) is 25.0. The SMILES string of the molecule is c1ccc2c(c1)ccc1c2oc2ccnc(N(c3ccc4sc5ccccc5c4c3)c3ccc4sc5ccccc5c4c3)c21. The van der Waals surface area contributed by atoms with E-state index in [1.54, 1.807) is 0 Å². The number of hydrogen-bond donors (Lipinski definition) is 0. The van der Waals surface area contributed by atoms with Crippen molar-refractivity contribution in [3.8, 4) is 0 Å². The monoisotopic (exact) mass is 598 g/mol. The minimum absolute atomic E-state index is 0.829. The van der Waals surface area contributed by atoms with Gasteiger partial charge in [-0.2, -0.15) is 0 Å². The van der Waals surface area contributed by atoms with Crippen LogP contribution in [0.4, 0.5) is 17.2 Å². The van der Waals surface area contributed by atoms with Gasteiger partial charge >= 0.3 is 0 Å². The van der Waals surface area contributed by atoms with E-state index in [0.29, 0.717) is 0 Å². The van der Waals surface area contributed by atoms with Crippen LogP contribution in [-0.2, 0) is 0 Å². The number of fused-ring (bicyclic) bond motifs is 11. The summed E-state index contributed by atoms with van der Waals surface area (Å²) < 4.78 is 11.7. The van der Waals surface area contributed by atoms with Crippen molar-refractivity contribution in [2.45, 2.75) is 0 Å². The van der Waals surface area contributed by atoms with Crippen LogP contribution in [0.2, 0.25) is 0 Å². The van der Waals surface area contributed by atoms with Gasteiger partial charge in [-0.05, 0) is 66.0 Å². The van der Waals surface area contributed by atoms with E-state index in [2.05, 4.69) is 126 Å². The number of rotatable bonds is 3. The highest BCUT2D eigenvalue weighted by atomic mass is 32.1. The van der Waals surface area contributed by atoms with E-state index in [4.69, 9.17) is 9.40 Å². The highest BCUT2D eigenvalue weighted by Crippen LogP contribution is 2.46. The van der Waals surface area contributed by atoms with Gasteiger partial charge < -0.3 is 4.42 Å². The average molecular weight is 599 g/mol. The van der Waals surface area contributed by atoms with Crippen LogP contribution in [0.5, 0.6) is 0 Å². The molecule has 0 saturated heterocycles. The minimum atomic E-state index is 0.829. The Bertz CT molecular complexity index is 2640. The van der Waals surface area contributed by atoms with Crippen molar-refractivity contribution >= 4 is 113 Å². The van der Waals surface area contributed by atoms with Gasteiger partial charge in [-0.25, -0.2) is 4.98 Å². The third kappa shape index (κ3) is 3.45.